The summed E-state index contributed by atoms with van der Waals surface area (Å²) in [5.74, 6) is 1.14. The molecule has 1 fully saturated rings. The Bertz CT molecular complexity index is 807. The SMILES string of the molecule is COc1cccc(-c2ccc(NC(=O)C3CCCN3C(=O)CSC)cc2)c1. The highest BCUT2D eigenvalue weighted by atomic mass is 32.2. The smallest absolute Gasteiger partial charge is 0.247 e. The van der Waals surface area contributed by atoms with Crippen molar-refractivity contribution in [1.82, 2.24) is 4.90 Å². The van der Waals surface area contributed by atoms with Crippen molar-refractivity contribution < 1.29 is 14.3 Å². The molecule has 2 amide bonds. The minimum atomic E-state index is -0.372. The molecular weight excluding hydrogens is 360 g/mol. The summed E-state index contributed by atoms with van der Waals surface area (Å²) in [4.78, 5) is 26.5. The Balaban J connectivity index is 1.67. The van der Waals surface area contributed by atoms with Crippen molar-refractivity contribution in [3.05, 3.63) is 48.5 Å². The van der Waals surface area contributed by atoms with Crippen LogP contribution in [0.1, 0.15) is 12.8 Å². The Morgan fingerprint density at radius 1 is 1.19 bits per heavy atom. The molecule has 27 heavy (non-hydrogen) atoms. The van der Waals surface area contributed by atoms with E-state index in [0.29, 0.717) is 18.7 Å². The van der Waals surface area contributed by atoms with Crippen molar-refractivity contribution in [3.63, 3.8) is 0 Å². The summed E-state index contributed by atoms with van der Waals surface area (Å²) in [5, 5.41) is 2.95. The van der Waals surface area contributed by atoms with E-state index in [0.717, 1.165) is 29.0 Å². The highest BCUT2D eigenvalue weighted by molar-refractivity contribution is 7.99. The molecule has 6 heteroatoms. The number of carbonyl (C=O) groups is 2. The van der Waals surface area contributed by atoms with Gasteiger partial charge in [-0.2, -0.15) is 11.8 Å². The number of anilines is 1. The van der Waals surface area contributed by atoms with E-state index in [9.17, 15) is 9.59 Å². The number of rotatable bonds is 6. The Labute approximate surface area is 164 Å². The predicted octanol–water partition coefficient (Wildman–Crippen LogP) is 3.65. The van der Waals surface area contributed by atoms with Crippen LogP contribution in [-0.4, -0.2) is 48.4 Å². The van der Waals surface area contributed by atoms with Gasteiger partial charge in [-0.05, 0) is 54.5 Å². The van der Waals surface area contributed by atoms with Crippen LogP contribution in [0.15, 0.2) is 48.5 Å². The van der Waals surface area contributed by atoms with E-state index in [1.165, 1.54) is 11.8 Å². The first-order chi connectivity index (χ1) is 13.1. The van der Waals surface area contributed by atoms with Gasteiger partial charge in [0.2, 0.25) is 11.8 Å². The Morgan fingerprint density at radius 3 is 2.67 bits per heavy atom. The molecule has 0 aliphatic carbocycles. The van der Waals surface area contributed by atoms with Gasteiger partial charge in [0.05, 0.1) is 12.9 Å². The third-order valence-electron chi connectivity index (χ3n) is 4.70. The molecule has 1 heterocycles. The Hall–Kier alpha value is -2.47. The summed E-state index contributed by atoms with van der Waals surface area (Å²) in [7, 11) is 1.65. The van der Waals surface area contributed by atoms with Crippen molar-refractivity contribution in [2.45, 2.75) is 18.9 Å². The fourth-order valence-electron chi connectivity index (χ4n) is 3.32. The zero-order chi connectivity index (χ0) is 19.2. The molecule has 0 spiro atoms. The first-order valence-electron chi connectivity index (χ1n) is 8.96. The number of likely N-dealkylation sites (tertiary alicyclic amines) is 1. The van der Waals surface area contributed by atoms with E-state index in [1.807, 2.05) is 54.8 Å². The second-order valence-electron chi connectivity index (χ2n) is 6.48. The number of benzene rings is 2. The molecule has 142 valence electrons. The van der Waals surface area contributed by atoms with E-state index in [1.54, 1.807) is 12.0 Å². The van der Waals surface area contributed by atoms with Crippen LogP contribution >= 0.6 is 11.8 Å². The number of methoxy groups -OCH3 is 1. The van der Waals surface area contributed by atoms with E-state index in [4.69, 9.17) is 4.74 Å². The third-order valence-corrected chi connectivity index (χ3v) is 5.23. The molecule has 3 rings (SSSR count). The molecule has 0 saturated carbocycles. The van der Waals surface area contributed by atoms with Crippen LogP contribution in [0, 0.1) is 0 Å². The van der Waals surface area contributed by atoms with Crippen molar-refractivity contribution in [1.29, 1.82) is 0 Å². The maximum atomic E-state index is 12.6. The van der Waals surface area contributed by atoms with Crippen LogP contribution in [0.5, 0.6) is 5.75 Å². The van der Waals surface area contributed by atoms with E-state index >= 15 is 0 Å². The topological polar surface area (TPSA) is 58.6 Å². The van der Waals surface area contributed by atoms with Crippen LogP contribution in [0.4, 0.5) is 5.69 Å². The molecule has 1 saturated heterocycles. The molecule has 0 bridgehead atoms. The number of hydrogen-bond acceptors (Lipinski definition) is 4. The highest BCUT2D eigenvalue weighted by Gasteiger charge is 2.33. The van der Waals surface area contributed by atoms with Gasteiger partial charge in [-0.15, -0.1) is 0 Å². The standard InChI is InChI=1S/C21H24N2O3S/c1-26-18-6-3-5-16(13-18)15-8-10-17(11-9-15)22-21(25)19-7-4-12-23(19)20(24)14-27-2/h3,5-6,8-11,13,19H,4,7,12,14H2,1-2H3,(H,22,25). The molecule has 1 atom stereocenters. The van der Waals surface area contributed by atoms with Gasteiger partial charge >= 0.3 is 0 Å². The zero-order valence-corrected chi connectivity index (χ0v) is 16.4. The number of carbonyl (C=O) groups excluding carboxylic acids is 2. The van der Waals surface area contributed by atoms with Gasteiger partial charge < -0.3 is 15.0 Å². The first kappa shape index (κ1) is 19.3. The molecule has 1 unspecified atom stereocenters. The highest BCUT2D eigenvalue weighted by Crippen LogP contribution is 2.26. The predicted molar refractivity (Wildman–Crippen MR) is 110 cm³/mol. The molecule has 5 nitrogen and oxygen atoms in total. The molecule has 1 aliphatic heterocycles. The molecular formula is C21H24N2O3S. The number of nitrogens with zero attached hydrogens (tertiary/aromatic N) is 1. The lowest BCUT2D eigenvalue weighted by Gasteiger charge is -2.23. The van der Waals surface area contributed by atoms with Crippen LogP contribution in [-0.2, 0) is 9.59 Å². The molecule has 2 aromatic rings. The van der Waals surface area contributed by atoms with Gasteiger partial charge in [-0.25, -0.2) is 0 Å². The number of ether oxygens (including phenoxy) is 1. The number of thioether (sulfide) groups is 1. The summed E-state index contributed by atoms with van der Waals surface area (Å²) in [6.45, 7) is 0.659. The van der Waals surface area contributed by atoms with Gasteiger partial charge in [0, 0.05) is 12.2 Å². The fourth-order valence-corrected chi connectivity index (χ4v) is 3.73. The largest absolute Gasteiger partial charge is 0.497 e. The van der Waals surface area contributed by atoms with Gasteiger partial charge in [0.1, 0.15) is 11.8 Å². The van der Waals surface area contributed by atoms with Crippen LogP contribution in [0.3, 0.4) is 0 Å². The van der Waals surface area contributed by atoms with Crippen molar-refractivity contribution in [2.24, 2.45) is 0 Å². The lowest BCUT2D eigenvalue weighted by atomic mass is 10.1. The molecule has 2 aromatic carbocycles. The molecule has 0 radical (unpaired) electrons. The third kappa shape index (κ3) is 4.63. The lowest BCUT2D eigenvalue weighted by molar-refractivity contribution is -0.134. The quantitative estimate of drug-likeness (QED) is 0.826. The second kappa shape index (κ2) is 8.95. The van der Waals surface area contributed by atoms with E-state index in [-0.39, 0.29) is 17.9 Å². The normalized spacial score (nSPS) is 16.2. The van der Waals surface area contributed by atoms with Gasteiger partial charge in [0.25, 0.3) is 0 Å². The Kier molecular flexibility index (Phi) is 6.40. The molecule has 1 aliphatic rings. The average Bonchev–Trinajstić information content (AvgIpc) is 3.19. The monoisotopic (exact) mass is 384 g/mol. The van der Waals surface area contributed by atoms with Gasteiger partial charge in [0.15, 0.2) is 0 Å². The van der Waals surface area contributed by atoms with Crippen LogP contribution < -0.4 is 10.1 Å². The van der Waals surface area contributed by atoms with E-state index in [2.05, 4.69) is 5.32 Å². The Morgan fingerprint density at radius 2 is 1.96 bits per heavy atom. The van der Waals surface area contributed by atoms with Crippen molar-refractivity contribution >= 4 is 29.3 Å². The molecule has 1 N–H and O–H groups in total. The number of hydrogen-bond donors (Lipinski definition) is 1. The fraction of sp³-hybridized carbons (Fsp3) is 0.333. The van der Waals surface area contributed by atoms with Crippen molar-refractivity contribution in [2.75, 3.05) is 31.0 Å². The van der Waals surface area contributed by atoms with Gasteiger partial charge in [-0.1, -0.05) is 24.3 Å². The summed E-state index contributed by atoms with van der Waals surface area (Å²) < 4.78 is 5.27. The summed E-state index contributed by atoms with van der Waals surface area (Å²) in [6, 6.07) is 15.2. The summed E-state index contributed by atoms with van der Waals surface area (Å²) >= 11 is 1.48. The first-order valence-corrected chi connectivity index (χ1v) is 10.4. The minimum absolute atomic E-state index is 0.0357. The van der Waals surface area contributed by atoms with Crippen LogP contribution in [0.25, 0.3) is 11.1 Å². The van der Waals surface area contributed by atoms with E-state index < -0.39 is 0 Å². The molecule has 0 aromatic heterocycles. The lowest BCUT2D eigenvalue weighted by Crippen LogP contribution is -2.43. The van der Waals surface area contributed by atoms with Crippen molar-refractivity contribution in [3.8, 4) is 16.9 Å². The summed E-state index contributed by atoms with van der Waals surface area (Å²) in [5.41, 5.74) is 2.83. The number of nitrogens with one attached hydrogen (secondary N) is 1. The maximum absolute atomic E-state index is 12.6. The van der Waals surface area contributed by atoms with Gasteiger partial charge in [-0.3, -0.25) is 9.59 Å². The minimum Gasteiger partial charge on any atom is -0.497 e. The van der Waals surface area contributed by atoms with Crippen LogP contribution in [0.2, 0.25) is 0 Å². The average molecular weight is 385 g/mol. The zero-order valence-electron chi connectivity index (χ0n) is 15.6. The maximum Gasteiger partial charge on any atom is 0.247 e. The summed E-state index contributed by atoms with van der Waals surface area (Å²) in [6.07, 6.45) is 3.48. The number of amides is 2. The second-order valence-corrected chi connectivity index (χ2v) is 7.34.